The molecule has 1 aliphatic rings. The van der Waals surface area contributed by atoms with E-state index in [1.807, 2.05) is 71.7 Å². The second kappa shape index (κ2) is 11.9. The molecular weight excluding hydrogens is 488 g/mol. The standard InChI is InChI=1S/C29H34N2O5S/c1-30(37(34,35)28-17-13-25(14-18-28)24-11-15-27(36-2)16-12-24)31(21-22-7-4-3-5-8-22)26-10-6-9-23(19-26)20-29(32)33/h3-5,7-8,11-18,23,26H,6,9-10,19-21H2,1-2H3,(H,32,33). The maximum absolute atomic E-state index is 13.8. The first-order valence-electron chi connectivity index (χ1n) is 12.5. The third kappa shape index (κ3) is 6.57. The van der Waals surface area contributed by atoms with Crippen LogP contribution in [0.3, 0.4) is 0 Å². The molecule has 3 aromatic rings. The molecule has 196 valence electrons. The Labute approximate surface area is 219 Å². The van der Waals surface area contributed by atoms with Gasteiger partial charge in [0, 0.05) is 26.1 Å². The van der Waals surface area contributed by atoms with Crippen molar-refractivity contribution in [2.24, 2.45) is 5.92 Å². The van der Waals surface area contributed by atoms with Gasteiger partial charge in [0.15, 0.2) is 0 Å². The van der Waals surface area contributed by atoms with Gasteiger partial charge in [-0.15, -0.1) is 4.41 Å². The van der Waals surface area contributed by atoms with E-state index in [1.165, 1.54) is 4.41 Å². The molecule has 0 radical (unpaired) electrons. The lowest BCUT2D eigenvalue weighted by molar-refractivity contribution is -0.138. The van der Waals surface area contributed by atoms with Crippen molar-refractivity contribution in [3.63, 3.8) is 0 Å². The number of hydrazine groups is 1. The van der Waals surface area contributed by atoms with E-state index in [9.17, 15) is 18.3 Å². The van der Waals surface area contributed by atoms with Crippen LogP contribution < -0.4 is 4.74 Å². The van der Waals surface area contributed by atoms with Crippen LogP contribution in [0, 0.1) is 5.92 Å². The fourth-order valence-corrected chi connectivity index (χ4v) is 6.34. The molecule has 0 heterocycles. The van der Waals surface area contributed by atoms with Crippen LogP contribution in [0.15, 0.2) is 83.8 Å². The van der Waals surface area contributed by atoms with E-state index in [-0.39, 0.29) is 23.3 Å². The molecule has 2 unspecified atom stereocenters. The summed E-state index contributed by atoms with van der Waals surface area (Å²) in [5.41, 5.74) is 2.88. The topological polar surface area (TPSA) is 87.2 Å². The largest absolute Gasteiger partial charge is 0.497 e. The molecule has 1 aliphatic carbocycles. The van der Waals surface area contributed by atoms with Gasteiger partial charge in [0.2, 0.25) is 0 Å². The lowest BCUT2D eigenvalue weighted by Crippen LogP contribution is -2.50. The highest BCUT2D eigenvalue weighted by molar-refractivity contribution is 7.89. The number of carboxylic acids is 1. The average Bonchev–Trinajstić information content (AvgIpc) is 2.92. The van der Waals surface area contributed by atoms with Gasteiger partial charge >= 0.3 is 5.97 Å². The summed E-state index contributed by atoms with van der Waals surface area (Å²) in [4.78, 5) is 11.6. The van der Waals surface area contributed by atoms with Crippen molar-refractivity contribution in [1.29, 1.82) is 0 Å². The van der Waals surface area contributed by atoms with Crippen LogP contribution >= 0.6 is 0 Å². The van der Waals surface area contributed by atoms with Gasteiger partial charge in [0.25, 0.3) is 10.0 Å². The number of carboxylic acid groups (broad SMARTS) is 1. The minimum Gasteiger partial charge on any atom is -0.497 e. The molecule has 0 aromatic heterocycles. The van der Waals surface area contributed by atoms with Crippen molar-refractivity contribution >= 4 is 16.0 Å². The Morgan fingerprint density at radius 3 is 2.16 bits per heavy atom. The zero-order valence-corrected chi connectivity index (χ0v) is 22.1. The van der Waals surface area contributed by atoms with Gasteiger partial charge in [0.05, 0.1) is 12.0 Å². The van der Waals surface area contributed by atoms with Crippen molar-refractivity contribution in [1.82, 2.24) is 9.42 Å². The second-order valence-electron chi connectivity index (χ2n) is 9.56. The normalized spacial score (nSPS) is 18.2. The van der Waals surface area contributed by atoms with E-state index in [0.717, 1.165) is 41.7 Å². The quantitative estimate of drug-likeness (QED) is 0.357. The van der Waals surface area contributed by atoms with Crippen molar-refractivity contribution in [2.75, 3.05) is 14.2 Å². The first-order chi connectivity index (χ1) is 17.8. The predicted molar refractivity (Wildman–Crippen MR) is 143 cm³/mol. The number of ether oxygens (including phenoxy) is 1. The summed E-state index contributed by atoms with van der Waals surface area (Å²) in [5.74, 6) is -0.0102. The third-order valence-corrected chi connectivity index (χ3v) is 8.89. The minimum atomic E-state index is -3.83. The predicted octanol–water partition coefficient (Wildman–Crippen LogP) is 5.43. The Morgan fingerprint density at radius 1 is 0.946 bits per heavy atom. The summed E-state index contributed by atoms with van der Waals surface area (Å²) >= 11 is 0. The highest BCUT2D eigenvalue weighted by Crippen LogP contribution is 2.33. The van der Waals surface area contributed by atoms with Crippen LogP contribution in [-0.4, -0.2) is 49.1 Å². The van der Waals surface area contributed by atoms with Crippen molar-refractivity contribution in [3.05, 3.63) is 84.4 Å². The number of rotatable bonds is 10. The van der Waals surface area contributed by atoms with Crippen LogP contribution in [-0.2, 0) is 21.4 Å². The highest BCUT2D eigenvalue weighted by atomic mass is 32.2. The first-order valence-corrected chi connectivity index (χ1v) is 14.0. The highest BCUT2D eigenvalue weighted by Gasteiger charge is 2.35. The molecule has 0 bridgehead atoms. The molecule has 8 heteroatoms. The summed E-state index contributed by atoms with van der Waals surface area (Å²) in [5, 5.41) is 11.2. The van der Waals surface area contributed by atoms with Crippen LogP contribution in [0.25, 0.3) is 11.1 Å². The zero-order valence-electron chi connectivity index (χ0n) is 21.3. The molecule has 0 spiro atoms. The zero-order chi connectivity index (χ0) is 26.4. The fourth-order valence-electron chi connectivity index (χ4n) is 5.09. The van der Waals surface area contributed by atoms with Gasteiger partial charge in [-0.2, -0.15) is 0 Å². The molecule has 4 rings (SSSR count). The lowest BCUT2D eigenvalue weighted by Gasteiger charge is -2.41. The molecule has 1 saturated carbocycles. The summed E-state index contributed by atoms with van der Waals surface area (Å²) < 4.78 is 34.1. The summed E-state index contributed by atoms with van der Waals surface area (Å²) in [6.07, 6.45) is 3.30. The smallest absolute Gasteiger partial charge is 0.303 e. The Morgan fingerprint density at radius 2 is 1.57 bits per heavy atom. The fraction of sp³-hybridized carbons (Fsp3) is 0.345. The molecule has 3 aromatic carbocycles. The maximum Gasteiger partial charge on any atom is 0.303 e. The molecule has 0 aliphatic heterocycles. The SMILES string of the molecule is COc1ccc(-c2ccc(S(=O)(=O)N(C)N(Cc3ccccc3)C3CCCC(CC(=O)O)C3)cc2)cc1. The first kappa shape index (κ1) is 26.9. The van der Waals surface area contributed by atoms with Crippen LogP contribution in [0.5, 0.6) is 5.75 Å². The number of hydrogen-bond acceptors (Lipinski definition) is 5. The monoisotopic (exact) mass is 522 g/mol. The lowest BCUT2D eigenvalue weighted by atomic mass is 9.83. The molecule has 1 fully saturated rings. The van der Waals surface area contributed by atoms with E-state index in [2.05, 4.69) is 0 Å². The van der Waals surface area contributed by atoms with E-state index < -0.39 is 16.0 Å². The maximum atomic E-state index is 13.8. The molecular formula is C29H34N2O5S. The average molecular weight is 523 g/mol. The van der Waals surface area contributed by atoms with E-state index in [0.29, 0.717) is 13.0 Å². The van der Waals surface area contributed by atoms with Crippen LogP contribution in [0.1, 0.15) is 37.7 Å². The van der Waals surface area contributed by atoms with Gasteiger partial charge < -0.3 is 9.84 Å². The van der Waals surface area contributed by atoms with Crippen molar-refractivity contribution < 1.29 is 23.1 Å². The van der Waals surface area contributed by atoms with Gasteiger partial charge in [-0.3, -0.25) is 4.79 Å². The number of sulfonamides is 1. The molecule has 7 nitrogen and oxygen atoms in total. The van der Waals surface area contributed by atoms with E-state index >= 15 is 0 Å². The molecule has 0 saturated heterocycles. The van der Waals surface area contributed by atoms with Crippen molar-refractivity contribution in [2.45, 2.75) is 49.6 Å². The Balaban J connectivity index is 1.59. The summed E-state index contributed by atoms with van der Waals surface area (Å²) in [6, 6.07) is 24.2. The number of aliphatic carboxylic acids is 1. The van der Waals surface area contributed by atoms with Crippen molar-refractivity contribution in [3.8, 4) is 16.9 Å². The number of nitrogens with zero attached hydrogens (tertiary/aromatic N) is 2. The number of methoxy groups -OCH3 is 1. The van der Waals surface area contributed by atoms with Gasteiger partial charge in [0.1, 0.15) is 5.75 Å². The Bertz CT molecular complexity index is 1280. The van der Waals surface area contributed by atoms with E-state index in [1.54, 1.807) is 26.3 Å². The molecule has 0 amide bonds. The van der Waals surface area contributed by atoms with Gasteiger partial charge in [-0.1, -0.05) is 61.0 Å². The molecule has 2 atom stereocenters. The minimum absolute atomic E-state index is 0.0365. The molecule has 1 N–H and O–H groups in total. The summed E-state index contributed by atoms with van der Waals surface area (Å²) in [6.45, 7) is 0.422. The Kier molecular flexibility index (Phi) is 8.63. The van der Waals surface area contributed by atoms with Gasteiger partial charge in [-0.25, -0.2) is 13.4 Å². The summed E-state index contributed by atoms with van der Waals surface area (Å²) in [7, 11) is -0.624. The van der Waals surface area contributed by atoms with Gasteiger partial charge in [-0.05, 0) is 66.1 Å². The third-order valence-electron chi connectivity index (χ3n) is 7.11. The number of hydrogen-bond donors (Lipinski definition) is 1. The van der Waals surface area contributed by atoms with E-state index in [4.69, 9.17) is 4.74 Å². The molecule has 37 heavy (non-hydrogen) atoms. The number of benzene rings is 3. The number of carbonyl (C=O) groups is 1. The Hall–Kier alpha value is -3.20. The van der Waals surface area contributed by atoms with Crippen LogP contribution in [0.4, 0.5) is 0 Å². The second-order valence-corrected chi connectivity index (χ2v) is 11.5. The van der Waals surface area contributed by atoms with Crippen LogP contribution in [0.2, 0.25) is 0 Å².